The van der Waals surface area contributed by atoms with Gasteiger partial charge in [0.25, 0.3) is 0 Å². The monoisotopic (exact) mass is 494 g/mol. The summed E-state index contributed by atoms with van der Waals surface area (Å²) < 4.78 is 1.13. The first kappa shape index (κ1) is 23.8. The van der Waals surface area contributed by atoms with E-state index in [0.29, 0.717) is 18.9 Å². The van der Waals surface area contributed by atoms with Crippen LogP contribution < -0.4 is 4.90 Å². The molecule has 0 aliphatic carbocycles. The fourth-order valence-electron chi connectivity index (χ4n) is 3.65. The Morgan fingerprint density at radius 3 is 2.52 bits per heavy atom. The Morgan fingerprint density at radius 1 is 1.03 bits per heavy atom. The van der Waals surface area contributed by atoms with Gasteiger partial charge in [0.1, 0.15) is 0 Å². The summed E-state index contributed by atoms with van der Waals surface area (Å²) in [5.74, 6) is 1.37. The number of hydrogen-bond donors (Lipinski definition) is 0. The van der Waals surface area contributed by atoms with E-state index in [4.69, 9.17) is 16.6 Å². The number of fused-ring (bicyclic) bond motifs is 1. The molecule has 0 saturated carbocycles. The minimum Gasteiger partial charge on any atom is -0.284 e. The van der Waals surface area contributed by atoms with Crippen molar-refractivity contribution < 1.29 is 4.79 Å². The predicted molar refractivity (Wildman–Crippen MR) is 143 cm³/mol. The number of anilines is 1. The van der Waals surface area contributed by atoms with E-state index in [1.165, 1.54) is 10.5 Å². The van der Waals surface area contributed by atoms with Gasteiger partial charge in [-0.3, -0.25) is 9.69 Å². The molecule has 3 nitrogen and oxygen atoms in total. The van der Waals surface area contributed by atoms with E-state index in [-0.39, 0.29) is 5.91 Å². The van der Waals surface area contributed by atoms with Crippen molar-refractivity contribution in [2.24, 2.45) is 0 Å². The Balaban J connectivity index is 1.51. The summed E-state index contributed by atoms with van der Waals surface area (Å²) in [7, 11) is 0. The number of halogens is 1. The van der Waals surface area contributed by atoms with Crippen LogP contribution in [0.25, 0.3) is 10.2 Å². The number of para-hydroxylation sites is 1. The lowest BCUT2D eigenvalue weighted by Crippen LogP contribution is -2.30. The molecule has 4 aromatic rings. The minimum atomic E-state index is 0.112. The van der Waals surface area contributed by atoms with Gasteiger partial charge in [0.15, 0.2) is 5.13 Å². The maximum atomic E-state index is 13.4. The molecule has 3 aromatic carbocycles. The van der Waals surface area contributed by atoms with Gasteiger partial charge in [-0.05, 0) is 59.6 Å². The highest BCUT2D eigenvalue weighted by Crippen LogP contribution is 2.34. The second-order valence-electron chi connectivity index (χ2n) is 8.22. The van der Waals surface area contributed by atoms with Crippen LogP contribution in [0.5, 0.6) is 0 Å². The standard InChI is InChI=1S/C27H27ClN2OS2/c1-19(2)23-10-6-11-24-26(23)29-27(33-24)30(18-20-8-4-3-5-9-20)25(31)12-7-17-32-22-15-13-21(28)14-16-22/h3-6,8-11,13-16,19H,7,12,17-18H2,1-2H3. The third-order valence-corrected chi connectivity index (χ3v) is 7.79. The first-order valence-corrected chi connectivity index (χ1v) is 13.3. The Hall–Kier alpha value is -2.34. The molecule has 6 heteroatoms. The van der Waals surface area contributed by atoms with Crippen molar-refractivity contribution in [2.75, 3.05) is 10.7 Å². The van der Waals surface area contributed by atoms with Crippen molar-refractivity contribution in [3.8, 4) is 0 Å². The summed E-state index contributed by atoms with van der Waals surface area (Å²) >= 11 is 9.31. The topological polar surface area (TPSA) is 33.2 Å². The lowest BCUT2D eigenvalue weighted by Gasteiger charge is -2.20. The number of carbonyl (C=O) groups excluding carboxylic acids is 1. The third-order valence-electron chi connectivity index (χ3n) is 5.39. The van der Waals surface area contributed by atoms with Crippen LogP contribution >= 0.6 is 34.7 Å². The average molecular weight is 495 g/mol. The number of nitrogens with zero attached hydrogens (tertiary/aromatic N) is 2. The molecule has 0 bridgehead atoms. The molecule has 0 saturated heterocycles. The van der Waals surface area contributed by atoms with Crippen molar-refractivity contribution in [2.45, 2.75) is 44.0 Å². The second-order valence-corrected chi connectivity index (χ2v) is 10.8. The summed E-state index contributed by atoms with van der Waals surface area (Å²) in [6, 6.07) is 24.3. The molecule has 170 valence electrons. The summed E-state index contributed by atoms with van der Waals surface area (Å²) in [5, 5.41) is 1.51. The van der Waals surface area contributed by atoms with Crippen molar-refractivity contribution in [1.29, 1.82) is 0 Å². The largest absolute Gasteiger partial charge is 0.284 e. The van der Waals surface area contributed by atoms with E-state index >= 15 is 0 Å². The number of hydrogen-bond acceptors (Lipinski definition) is 4. The van der Waals surface area contributed by atoms with Crippen LogP contribution in [0.1, 0.15) is 43.7 Å². The molecule has 0 atom stereocenters. The third kappa shape index (κ3) is 6.17. The fourth-order valence-corrected chi connectivity index (χ4v) is 5.64. The summed E-state index contributed by atoms with van der Waals surface area (Å²) in [6.07, 6.45) is 1.29. The molecule has 0 spiro atoms. The van der Waals surface area contributed by atoms with Crippen LogP contribution in [0, 0.1) is 0 Å². The lowest BCUT2D eigenvalue weighted by atomic mass is 10.0. The maximum Gasteiger partial charge on any atom is 0.229 e. The molecular weight excluding hydrogens is 468 g/mol. The van der Waals surface area contributed by atoms with E-state index in [1.807, 2.05) is 47.4 Å². The average Bonchev–Trinajstić information content (AvgIpc) is 3.26. The quantitative estimate of drug-likeness (QED) is 0.174. The highest BCUT2D eigenvalue weighted by atomic mass is 35.5. The van der Waals surface area contributed by atoms with E-state index < -0.39 is 0 Å². The molecule has 1 heterocycles. The van der Waals surface area contributed by atoms with E-state index in [1.54, 1.807) is 23.1 Å². The maximum absolute atomic E-state index is 13.4. The van der Waals surface area contributed by atoms with Crippen LogP contribution in [-0.4, -0.2) is 16.6 Å². The van der Waals surface area contributed by atoms with Gasteiger partial charge in [-0.25, -0.2) is 4.98 Å². The number of benzene rings is 3. The van der Waals surface area contributed by atoms with E-state index in [0.717, 1.165) is 38.1 Å². The smallest absolute Gasteiger partial charge is 0.229 e. The normalized spacial score (nSPS) is 11.3. The van der Waals surface area contributed by atoms with Crippen LogP contribution in [0.4, 0.5) is 5.13 Å². The Bertz CT molecular complexity index is 1210. The summed E-state index contributed by atoms with van der Waals surface area (Å²) in [5.41, 5.74) is 3.34. The highest BCUT2D eigenvalue weighted by molar-refractivity contribution is 7.99. The first-order valence-electron chi connectivity index (χ1n) is 11.1. The molecule has 4 rings (SSSR count). The van der Waals surface area contributed by atoms with Crippen molar-refractivity contribution >= 4 is 56.0 Å². The molecular formula is C27H27ClN2OS2. The second kappa shape index (κ2) is 11.2. The van der Waals surface area contributed by atoms with Crippen molar-refractivity contribution in [3.05, 3.63) is 88.9 Å². The predicted octanol–water partition coefficient (Wildman–Crippen LogP) is 8.18. The number of thioether (sulfide) groups is 1. The summed E-state index contributed by atoms with van der Waals surface area (Å²) in [6.45, 7) is 4.89. The fraction of sp³-hybridized carbons (Fsp3) is 0.259. The number of aromatic nitrogens is 1. The number of rotatable bonds is 9. The molecule has 0 aliphatic rings. The molecule has 0 N–H and O–H groups in total. The molecule has 0 fully saturated rings. The van der Waals surface area contributed by atoms with Crippen LogP contribution in [-0.2, 0) is 11.3 Å². The Morgan fingerprint density at radius 2 is 1.79 bits per heavy atom. The van der Waals surface area contributed by atoms with Crippen molar-refractivity contribution in [1.82, 2.24) is 4.98 Å². The summed E-state index contributed by atoms with van der Waals surface area (Å²) in [4.78, 5) is 21.3. The van der Waals surface area contributed by atoms with Crippen LogP contribution in [0.3, 0.4) is 0 Å². The number of amides is 1. The van der Waals surface area contributed by atoms with Gasteiger partial charge < -0.3 is 0 Å². The van der Waals surface area contributed by atoms with Gasteiger partial charge in [-0.2, -0.15) is 0 Å². The van der Waals surface area contributed by atoms with E-state index in [9.17, 15) is 4.79 Å². The van der Waals surface area contributed by atoms with Gasteiger partial charge in [-0.1, -0.05) is 79.2 Å². The van der Waals surface area contributed by atoms with Gasteiger partial charge in [0.05, 0.1) is 16.8 Å². The lowest BCUT2D eigenvalue weighted by molar-refractivity contribution is -0.118. The minimum absolute atomic E-state index is 0.112. The molecule has 1 aromatic heterocycles. The first-order chi connectivity index (χ1) is 16.0. The molecule has 0 radical (unpaired) electrons. The Kier molecular flexibility index (Phi) is 8.07. The van der Waals surface area contributed by atoms with Crippen LogP contribution in [0.2, 0.25) is 5.02 Å². The zero-order valence-electron chi connectivity index (χ0n) is 18.8. The molecule has 33 heavy (non-hydrogen) atoms. The Labute approximate surface area is 208 Å². The van der Waals surface area contributed by atoms with Crippen LogP contribution in [0.15, 0.2) is 77.7 Å². The SMILES string of the molecule is CC(C)c1cccc2sc(N(Cc3ccccc3)C(=O)CCCSc3ccc(Cl)cc3)nc12. The van der Waals surface area contributed by atoms with E-state index in [2.05, 4.69) is 44.2 Å². The zero-order chi connectivity index (χ0) is 23.2. The molecule has 0 aliphatic heterocycles. The number of thiazole rings is 1. The van der Waals surface area contributed by atoms with Gasteiger partial charge in [0.2, 0.25) is 5.91 Å². The molecule has 0 unspecified atom stereocenters. The van der Waals surface area contributed by atoms with Crippen molar-refractivity contribution in [3.63, 3.8) is 0 Å². The number of carbonyl (C=O) groups is 1. The van der Waals surface area contributed by atoms with Gasteiger partial charge >= 0.3 is 0 Å². The molecule has 1 amide bonds. The zero-order valence-corrected chi connectivity index (χ0v) is 21.2. The van der Waals surface area contributed by atoms with Gasteiger partial charge in [-0.15, -0.1) is 11.8 Å². The van der Waals surface area contributed by atoms with Gasteiger partial charge in [0, 0.05) is 16.3 Å². The highest BCUT2D eigenvalue weighted by Gasteiger charge is 2.21.